The Morgan fingerprint density at radius 1 is 1.42 bits per heavy atom. The lowest BCUT2D eigenvalue weighted by Gasteiger charge is -2.35. The molecular weight excluding hydrogens is 307 g/mol. The summed E-state index contributed by atoms with van der Waals surface area (Å²) in [6.45, 7) is 0.626. The lowest BCUT2D eigenvalue weighted by atomic mass is 9.98. The van der Waals surface area contributed by atoms with Gasteiger partial charge in [0.15, 0.2) is 0 Å². The van der Waals surface area contributed by atoms with Crippen LogP contribution >= 0.6 is 34.5 Å². The maximum absolute atomic E-state index is 12.5. The molecule has 0 aliphatic carbocycles. The lowest BCUT2D eigenvalue weighted by molar-refractivity contribution is -0.119. The molecule has 1 aliphatic heterocycles. The minimum absolute atomic E-state index is 0.131. The smallest absolute Gasteiger partial charge is 0.256 e. The molecule has 104 valence electrons. The van der Waals surface area contributed by atoms with Gasteiger partial charge < -0.3 is 10.6 Å². The number of rotatable bonds is 3. The van der Waals surface area contributed by atoms with Crippen molar-refractivity contribution in [1.29, 1.82) is 0 Å². The van der Waals surface area contributed by atoms with Crippen molar-refractivity contribution in [3.8, 4) is 0 Å². The molecule has 0 saturated carbocycles. The van der Waals surface area contributed by atoms with Gasteiger partial charge in [0.25, 0.3) is 5.91 Å². The first kappa shape index (κ1) is 14.6. The van der Waals surface area contributed by atoms with Crippen LogP contribution in [-0.4, -0.2) is 29.3 Å². The number of nitrogens with zero attached hydrogens (tertiary/aromatic N) is 1. The van der Waals surface area contributed by atoms with Crippen LogP contribution in [0.3, 0.4) is 0 Å². The lowest BCUT2D eigenvalue weighted by Crippen LogP contribution is -2.45. The average molecular weight is 321 g/mol. The van der Waals surface area contributed by atoms with E-state index in [1.165, 1.54) is 11.3 Å². The third-order valence-electron chi connectivity index (χ3n) is 3.21. The van der Waals surface area contributed by atoms with Crippen molar-refractivity contribution in [2.45, 2.75) is 31.7 Å². The molecule has 1 saturated heterocycles. The van der Waals surface area contributed by atoms with Gasteiger partial charge in [0.1, 0.15) is 4.34 Å². The number of nitrogens with two attached hydrogens (primary N) is 1. The maximum Gasteiger partial charge on any atom is 0.256 e. The molecule has 1 aromatic rings. The van der Waals surface area contributed by atoms with Crippen LogP contribution in [0.25, 0.3) is 0 Å². The zero-order valence-corrected chi connectivity index (χ0v) is 12.5. The molecule has 0 unspecified atom stereocenters. The predicted octanol–water partition coefficient (Wildman–Crippen LogP) is 2.93. The summed E-state index contributed by atoms with van der Waals surface area (Å²) in [7, 11) is 0. The van der Waals surface area contributed by atoms with E-state index in [9.17, 15) is 9.59 Å². The number of thiophene rings is 1. The summed E-state index contributed by atoms with van der Waals surface area (Å²) in [6, 6.07) is 1.45. The summed E-state index contributed by atoms with van der Waals surface area (Å²) in [5.41, 5.74) is 5.65. The molecule has 2 heterocycles. The molecule has 2 rings (SSSR count). The van der Waals surface area contributed by atoms with E-state index >= 15 is 0 Å². The quantitative estimate of drug-likeness (QED) is 0.930. The van der Waals surface area contributed by atoms with E-state index in [4.69, 9.17) is 28.9 Å². The fraction of sp³-hybridized carbons (Fsp3) is 0.500. The van der Waals surface area contributed by atoms with Gasteiger partial charge >= 0.3 is 0 Å². The fourth-order valence-electron chi connectivity index (χ4n) is 2.35. The number of likely N-dealkylation sites (tertiary alicyclic amines) is 1. The first-order valence-corrected chi connectivity index (χ1v) is 7.60. The Balaban J connectivity index is 2.19. The highest BCUT2D eigenvalue weighted by Gasteiger charge is 2.30. The van der Waals surface area contributed by atoms with Gasteiger partial charge in [-0.1, -0.05) is 23.2 Å². The average Bonchev–Trinajstić information content (AvgIpc) is 2.67. The van der Waals surface area contributed by atoms with Crippen molar-refractivity contribution in [3.63, 3.8) is 0 Å². The third kappa shape index (κ3) is 3.41. The molecular formula is C12H14Cl2N2O2S. The molecule has 2 amide bonds. The Morgan fingerprint density at radius 2 is 2.16 bits per heavy atom. The van der Waals surface area contributed by atoms with Crippen LogP contribution in [0.4, 0.5) is 0 Å². The predicted molar refractivity (Wildman–Crippen MR) is 76.8 cm³/mol. The van der Waals surface area contributed by atoms with Crippen LogP contribution in [0.2, 0.25) is 8.67 Å². The highest BCUT2D eigenvalue weighted by molar-refractivity contribution is 7.20. The Labute approximate surface area is 125 Å². The molecule has 0 aromatic carbocycles. The van der Waals surface area contributed by atoms with E-state index in [1.807, 2.05) is 0 Å². The van der Waals surface area contributed by atoms with Crippen molar-refractivity contribution in [3.05, 3.63) is 20.3 Å². The zero-order chi connectivity index (χ0) is 14.0. The van der Waals surface area contributed by atoms with Gasteiger partial charge in [-0.25, -0.2) is 0 Å². The monoisotopic (exact) mass is 320 g/mol. The van der Waals surface area contributed by atoms with Gasteiger partial charge in [-0.3, -0.25) is 9.59 Å². The summed E-state index contributed by atoms with van der Waals surface area (Å²) in [4.78, 5) is 25.2. The Morgan fingerprint density at radius 3 is 2.74 bits per heavy atom. The van der Waals surface area contributed by atoms with E-state index in [2.05, 4.69) is 0 Å². The molecule has 7 heteroatoms. The van der Waals surface area contributed by atoms with Gasteiger partial charge in [-0.05, 0) is 25.3 Å². The first-order chi connectivity index (χ1) is 8.99. The highest BCUT2D eigenvalue weighted by Crippen LogP contribution is 2.33. The van der Waals surface area contributed by atoms with Crippen molar-refractivity contribution < 1.29 is 9.59 Å². The van der Waals surface area contributed by atoms with Crippen molar-refractivity contribution >= 4 is 46.4 Å². The largest absolute Gasteiger partial charge is 0.370 e. The Bertz CT molecular complexity index is 504. The second-order valence-corrected chi connectivity index (χ2v) is 6.84. The molecule has 1 fully saturated rings. The van der Waals surface area contributed by atoms with Gasteiger partial charge in [0.2, 0.25) is 5.91 Å². The first-order valence-electron chi connectivity index (χ1n) is 6.03. The van der Waals surface area contributed by atoms with Gasteiger partial charge in [0.05, 0.1) is 9.90 Å². The third-order valence-corrected chi connectivity index (χ3v) is 4.70. The maximum atomic E-state index is 12.5. The summed E-state index contributed by atoms with van der Waals surface area (Å²) in [5, 5.41) is 0. The van der Waals surface area contributed by atoms with E-state index in [1.54, 1.807) is 11.0 Å². The van der Waals surface area contributed by atoms with Crippen molar-refractivity contribution in [2.24, 2.45) is 5.73 Å². The number of hydrogen-bond donors (Lipinski definition) is 1. The summed E-state index contributed by atoms with van der Waals surface area (Å²) < 4.78 is 0.871. The highest BCUT2D eigenvalue weighted by atomic mass is 35.5. The minimum Gasteiger partial charge on any atom is -0.370 e. The van der Waals surface area contributed by atoms with Gasteiger partial charge in [-0.2, -0.15) is 0 Å². The van der Waals surface area contributed by atoms with Crippen LogP contribution in [0.15, 0.2) is 6.07 Å². The topological polar surface area (TPSA) is 63.4 Å². The molecule has 19 heavy (non-hydrogen) atoms. The SMILES string of the molecule is NC(=O)C[C@@H]1CCCCN1C(=O)c1cc(Cl)sc1Cl. The molecule has 1 aliphatic rings. The molecule has 0 radical (unpaired) electrons. The number of carbonyl (C=O) groups excluding carboxylic acids is 2. The number of primary amides is 1. The van der Waals surface area contributed by atoms with Crippen LogP contribution in [0.1, 0.15) is 36.0 Å². The number of halogens is 2. The second kappa shape index (κ2) is 6.11. The van der Waals surface area contributed by atoms with E-state index < -0.39 is 0 Å². The zero-order valence-electron chi connectivity index (χ0n) is 10.2. The van der Waals surface area contributed by atoms with Crippen LogP contribution < -0.4 is 5.73 Å². The minimum atomic E-state index is -0.390. The molecule has 0 spiro atoms. The summed E-state index contributed by atoms with van der Waals surface area (Å²) >= 11 is 13.0. The van der Waals surface area contributed by atoms with E-state index in [-0.39, 0.29) is 24.3 Å². The standard InChI is InChI=1S/C12H14Cl2N2O2S/c13-9-6-8(11(14)19-9)12(18)16-4-2-1-3-7(16)5-10(15)17/h6-7H,1-5H2,(H2,15,17)/t7-/m0/s1. The molecule has 2 N–H and O–H groups in total. The molecule has 0 bridgehead atoms. The van der Waals surface area contributed by atoms with E-state index in [0.717, 1.165) is 19.3 Å². The molecule has 1 atom stereocenters. The van der Waals surface area contributed by atoms with E-state index in [0.29, 0.717) is 20.8 Å². The van der Waals surface area contributed by atoms with Crippen LogP contribution in [-0.2, 0) is 4.79 Å². The van der Waals surface area contributed by atoms with Crippen LogP contribution in [0.5, 0.6) is 0 Å². The van der Waals surface area contributed by atoms with Gasteiger partial charge in [0, 0.05) is 19.0 Å². The Hall–Kier alpha value is -0.780. The normalized spacial score (nSPS) is 19.5. The fourth-order valence-corrected chi connectivity index (χ4v) is 3.80. The molecule has 4 nitrogen and oxygen atoms in total. The van der Waals surface area contributed by atoms with Crippen molar-refractivity contribution in [2.75, 3.05) is 6.54 Å². The van der Waals surface area contributed by atoms with Gasteiger partial charge in [-0.15, -0.1) is 11.3 Å². The molecule has 1 aromatic heterocycles. The van der Waals surface area contributed by atoms with Crippen molar-refractivity contribution in [1.82, 2.24) is 4.90 Å². The summed E-state index contributed by atoms with van der Waals surface area (Å²) in [5.74, 6) is -0.557. The Kier molecular flexibility index (Phi) is 4.71. The number of hydrogen-bond acceptors (Lipinski definition) is 3. The summed E-state index contributed by atoms with van der Waals surface area (Å²) in [6.07, 6.45) is 2.92. The number of amides is 2. The van der Waals surface area contributed by atoms with Crippen LogP contribution in [0, 0.1) is 0 Å². The number of carbonyl (C=O) groups is 2. The number of piperidine rings is 1. The second-order valence-electron chi connectivity index (χ2n) is 4.56.